The van der Waals surface area contributed by atoms with Crippen LogP contribution in [-0.2, 0) is 4.79 Å². The number of nitrogens with two attached hydrogens (primary N) is 1. The first-order valence-corrected chi connectivity index (χ1v) is 11.8. The minimum absolute atomic E-state index is 0.0393. The predicted molar refractivity (Wildman–Crippen MR) is 132 cm³/mol. The maximum atomic E-state index is 13.7. The van der Waals surface area contributed by atoms with E-state index in [4.69, 9.17) is 21.8 Å². The molecule has 0 unspecified atom stereocenters. The molecule has 1 aliphatic rings. The Labute approximate surface area is 207 Å². The zero-order chi connectivity index (χ0) is 24.4. The number of nitrogens with zero attached hydrogens (tertiary/aromatic N) is 5. The van der Waals surface area contributed by atoms with Crippen molar-refractivity contribution < 1.29 is 14.2 Å². The summed E-state index contributed by atoms with van der Waals surface area (Å²) >= 11 is 6.09. The number of fused-ring (bicyclic) bond motifs is 1. The van der Waals surface area contributed by atoms with Gasteiger partial charge >= 0.3 is 5.82 Å². The average molecular weight is 491 g/mol. The highest BCUT2D eigenvalue weighted by atomic mass is 35.5. The van der Waals surface area contributed by atoms with Crippen molar-refractivity contribution in [2.24, 2.45) is 5.73 Å². The van der Waals surface area contributed by atoms with Gasteiger partial charge in [-0.1, -0.05) is 17.7 Å². The van der Waals surface area contributed by atoms with E-state index < -0.39 is 0 Å². The molecule has 4 heterocycles. The van der Waals surface area contributed by atoms with E-state index in [1.807, 2.05) is 36.1 Å². The van der Waals surface area contributed by atoms with E-state index >= 15 is 0 Å². The van der Waals surface area contributed by atoms with Gasteiger partial charge in [-0.15, -0.1) is 0 Å². The highest BCUT2D eigenvalue weighted by Gasteiger charge is 2.31. The number of hydrogen-bond acceptors (Lipinski definition) is 7. The van der Waals surface area contributed by atoms with E-state index in [1.54, 1.807) is 41.7 Å². The predicted octanol–water partition coefficient (Wildman–Crippen LogP) is 2.93. The molecule has 1 atom stereocenters. The van der Waals surface area contributed by atoms with Crippen molar-refractivity contribution in [2.45, 2.75) is 19.4 Å². The molecule has 1 amide bonds. The van der Waals surface area contributed by atoms with Crippen LogP contribution < -0.4 is 15.6 Å². The van der Waals surface area contributed by atoms with Crippen LogP contribution >= 0.6 is 11.6 Å². The standard InChI is InChI=1S/C25H24ClN7O2/c1-16-8-12-32(25-31-19-15-17(26)6-7-20(19)35-25)13-14-33(16)24(34)22(27)21(18-5-2-3-9-28-18)23-29-10-4-11-30-23/h2-7,9-11,15-16H,8,12-14,27H2,1H3/p+1/b22-21-/t16-/m1/s1. The number of anilines is 1. The SMILES string of the molecule is C[C@@H]1CCN(c2nc3cc(Cl)ccc3o2)CCN1C(=O)/C(N)=C(\c1ccccn1)c1nccc[nH+]1. The second-order valence-corrected chi connectivity index (χ2v) is 8.80. The minimum atomic E-state index is -0.261. The molecule has 0 radical (unpaired) electrons. The van der Waals surface area contributed by atoms with E-state index in [2.05, 4.69) is 19.9 Å². The molecule has 4 aromatic rings. The molecular weight excluding hydrogens is 466 g/mol. The van der Waals surface area contributed by atoms with E-state index in [0.29, 0.717) is 58.9 Å². The van der Waals surface area contributed by atoms with Gasteiger partial charge in [0.05, 0.1) is 11.9 Å². The number of hydrogen-bond donors (Lipinski definition) is 1. The number of aromatic amines is 1. The van der Waals surface area contributed by atoms with Crippen molar-refractivity contribution in [3.8, 4) is 0 Å². The molecular formula is C25H25ClN7O2+. The monoisotopic (exact) mass is 490 g/mol. The maximum absolute atomic E-state index is 13.7. The number of H-pyrrole nitrogens is 1. The number of nitrogens with one attached hydrogen (secondary N) is 1. The number of carbonyl (C=O) groups excluding carboxylic acids is 1. The van der Waals surface area contributed by atoms with Crippen LogP contribution in [0.3, 0.4) is 0 Å². The molecule has 1 aliphatic heterocycles. The molecule has 35 heavy (non-hydrogen) atoms. The van der Waals surface area contributed by atoms with E-state index in [1.165, 1.54) is 0 Å². The molecule has 10 heteroatoms. The lowest BCUT2D eigenvalue weighted by Gasteiger charge is -2.27. The third-order valence-electron chi connectivity index (χ3n) is 6.09. The minimum Gasteiger partial charge on any atom is -0.423 e. The fourth-order valence-corrected chi connectivity index (χ4v) is 4.36. The topological polar surface area (TPSA) is 116 Å². The van der Waals surface area contributed by atoms with Gasteiger partial charge in [0.2, 0.25) is 0 Å². The Bertz CT molecular complexity index is 1330. The zero-order valence-corrected chi connectivity index (χ0v) is 19.9. The van der Waals surface area contributed by atoms with Gasteiger partial charge in [0.1, 0.15) is 23.0 Å². The molecule has 9 nitrogen and oxygen atoms in total. The summed E-state index contributed by atoms with van der Waals surface area (Å²) in [5, 5.41) is 0.606. The summed E-state index contributed by atoms with van der Waals surface area (Å²) in [6, 6.07) is 13.1. The normalized spacial score (nSPS) is 17.3. The van der Waals surface area contributed by atoms with E-state index in [-0.39, 0.29) is 17.6 Å². The van der Waals surface area contributed by atoms with Crippen LogP contribution in [0, 0.1) is 0 Å². The first-order valence-electron chi connectivity index (χ1n) is 11.4. The first kappa shape index (κ1) is 22.8. The van der Waals surface area contributed by atoms with Gasteiger partial charge in [-0.05, 0) is 48.7 Å². The van der Waals surface area contributed by atoms with Crippen LogP contribution in [0.15, 0.2) is 71.2 Å². The number of halogens is 1. The Hall–Kier alpha value is -3.98. The number of carbonyl (C=O) groups is 1. The number of pyridine rings is 1. The van der Waals surface area contributed by atoms with Crippen molar-refractivity contribution in [1.29, 1.82) is 0 Å². The summed E-state index contributed by atoms with van der Waals surface area (Å²) < 4.78 is 5.95. The second-order valence-electron chi connectivity index (χ2n) is 8.37. The molecule has 1 aromatic carbocycles. The number of oxazole rings is 1. The number of benzene rings is 1. The van der Waals surface area contributed by atoms with Crippen LogP contribution in [0.4, 0.5) is 6.01 Å². The maximum Gasteiger partial charge on any atom is 0.332 e. The summed E-state index contributed by atoms with van der Waals surface area (Å²) in [5.41, 5.74) is 9.03. The molecule has 0 spiro atoms. The summed E-state index contributed by atoms with van der Waals surface area (Å²) in [7, 11) is 0. The lowest BCUT2D eigenvalue weighted by Crippen LogP contribution is -2.42. The molecule has 0 aliphatic carbocycles. The smallest absolute Gasteiger partial charge is 0.332 e. The second kappa shape index (κ2) is 9.71. The molecule has 5 rings (SSSR count). The van der Waals surface area contributed by atoms with Gasteiger partial charge in [0.15, 0.2) is 5.58 Å². The van der Waals surface area contributed by atoms with Gasteiger partial charge in [-0.25, -0.2) is 4.98 Å². The van der Waals surface area contributed by atoms with Gasteiger partial charge < -0.3 is 20.0 Å². The molecule has 178 valence electrons. The summed E-state index contributed by atoms with van der Waals surface area (Å²) in [4.78, 5) is 34.0. The molecule has 0 bridgehead atoms. The van der Waals surface area contributed by atoms with Crippen molar-refractivity contribution in [2.75, 3.05) is 24.5 Å². The van der Waals surface area contributed by atoms with Crippen molar-refractivity contribution in [1.82, 2.24) is 19.9 Å². The molecule has 0 saturated carbocycles. The third-order valence-corrected chi connectivity index (χ3v) is 6.33. The van der Waals surface area contributed by atoms with Crippen LogP contribution in [-0.4, -0.2) is 51.4 Å². The Morgan fingerprint density at radius 3 is 2.77 bits per heavy atom. The Kier molecular flexibility index (Phi) is 6.33. The van der Waals surface area contributed by atoms with Crippen LogP contribution in [0.2, 0.25) is 5.02 Å². The highest BCUT2D eigenvalue weighted by molar-refractivity contribution is 6.31. The Morgan fingerprint density at radius 2 is 2.00 bits per heavy atom. The molecule has 3 aromatic heterocycles. The fourth-order valence-electron chi connectivity index (χ4n) is 4.20. The van der Waals surface area contributed by atoms with Crippen LogP contribution in [0.1, 0.15) is 24.9 Å². The summed E-state index contributed by atoms with van der Waals surface area (Å²) in [6.07, 6.45) is 5.78. The quantitative estimate of drug-likeness (QED) is 0.437. The van der Waals surface area contributed by atoms with Gasteiger partial charge in [0, 0.05) is 43.0 Å². The number of aromatic nitrogens is 4. The third kappa shape index (κ3) is 4.67. The lowest BCUT2D eigenvalue weighted by atomic mass is 10.1. The fraction of sp³-hybridized carbons (Fsp3) is 0.240. The van der Waals surface area contributed by atoms with Crippen molar-refractivity contribution in [3.63, 3.8) is 0 Å². The summed E-state index contributed by atoms with van der Waals surface area (Å²) in [6.45, 7) is 3.73. The number of amides is 1. The van der Waals surface area contributed by atoms with E-state index in [9.17, 15) is 4.79 Å². The zero-order valence-electron chi connectivity index (χ0n) is 19.2. The lowest BCUT2D eigenvalue weighted by molar-refractivity contribution is -0.386. The van der Waals surface area contributed by atoms with E-state index in [0.717, 1.165) is 6.42 Å². The highest BCUT2D eigenvalue weighted by Crippen LogP contribution is 2.27. The average Bonchev–Trinajstić information content (AvgIpc) is 3.20. The Balaban J connectivity index is 1.43. The summed E-state index contributed by atoms with van der Waals surface area (Å²) in [5.74, 6) is 0.217. The number of rotatable bonds is 4. The van der Waals surface area contributed by atoms with Crippen molar-refractivity contribution in [3.05, 3.63) is 83.3 Å². The molecule has 3 N–H and O–H groups in total. The Morgan fingerprint density at radius 1 is 1.14 bits per heavy atom. The first-order chi connectivity index (χ1) is 17.0. The van der Waals surface area contributed by atoms with Gasteiger partial charge in [-0.3, -0.25) is 9.78 Å². The van der Waals surface area contributed by atoms with Crippen LogP contribution in [0.25, 0.3) is 16.7 Å². The molecule has 1 fully saturated rings. The van der Waals surface area contributed by atoms with Crippen molar-refractivity contribution >= 4 is 40.2 Å². The van der Waals surface area contributed by atoms with Gasteiger partial charge in [-0.2, -0.15) is 4.98 Å². The molecule has 1 saturated heterocycles. The van der Waals surface area contributed by atoms with Crippen LogP contribution in [0.5, 0.6) is 0 Å². The largest absolute Gasteiger partial charge is 0.423 e. The van der Waals surface area contributed by atoms with Gasteiger partial charge in [0.25, 0.3) is 11.9 Å².